The lowest BCUT2D eigenvalue weighted by Gasteiger charge is -2.17. The number of aldehydes is 5. The standard InChI is InChI=1S/C32H56O5/c1-3-4-5-6-7-8-9-10-11-12-13-14-29(24-34)17-18-31(26-36)21-22-32(27-37)20-19-30(25-35)16-15-28(2)23-33/h23-32H,3-22H2,1-2H3. The van der Waals surface area contributed by atoms with Crippen molar-refractivity contribution in [2.24, 2.45) is 29.6 Å². The van der Waals surface area contributed by atoms with Crippen molar-refractivity contribution >= 4 is 31.4 Å². The van der Waals surface area contributed by atoms with Gasteiger partial charge in [-0.1, -0.05) is 84.5 Å². The first-order chi connectivity index (χ1) is 18.0. The van der Waals surface area contributed by atoms with Crippen molar-refractivity contribution in [3.8, 4) is 0 Å². The molecule has 0 aromatic rings. The molecular weight excluding hydrogens is 464 g/mol. The van der Waals surface area contributed by atoms with Gasteiger partial charge in [0.05, 0.1) is 0 Å². The van der Waals surface area contributed by atoms with Gasteiger partial charge in [0.15, 0.2) is 0 Å². The van der Waals surface area contributed by atoms with E-state index in [4.69, 9.17) is 0 Å². The Morgan fingerprint density at radius 3 is 1.00 bits per heavy atom. The normalized spacial score (nSPS) is 15.3. The van der Waals surface area contributed by atoms with Gasteiger partial charge >= 0.3 is 0 Å². The molecule has 0 aromatic carbocycles. The predicted molar refractivity (Wildman–Crippen MR) is 151 cm³/mol. The molecule has 5 nitrogen and oxygen atoms in total. The van der Waals surface area contributed by atoms with E-state index in [1.807, 2.05) is 6.92 Å². The van der Waals surface area contributed by atoms with E-state index >= 15 is 0 Å². The molecule has 0 radical (unpaired) electrons. The maximum absolute atomic E-state index is 11.6. The van der Waals surface area contributed by atoms with Gasteiger partial charge in [-0.25, -0.2) is 0 Å². The lowest BCUT2D eigenvalue weighted by Crippen LogP contribution is -2.13. The third-order valence-corrected chi connectivity index (χ3v) is 7.90. The SMILES string of the molecule is CCCCCCCCCCCCCC(C=O)CCC(C=O)CCC(C=O)CCC(C=O)CCC(C)C=O. The Morgan fingerprint density at radius 1 is 0.378 bits per heavy atom. The highest BCUT2D eigenvalue weighted by atomic mass is 16.1. The van der Waals surface area contributed by atoms with Crippen molar-refractivity contribution in [2.75, 3.05) is 0 Å². The Kier molecular flexibility index (Phi) is 24.8. The molecule has 0 aliphatic carbocycles. The summed E-state index contributed by atoms with van der Waals surface area (Å²) in [7, 11) is 0. The number of unbranched alkanes of at least 4 members (excludes halogenated alkanes) is 10. The van der Waals surface area contributed by atoms with Gasteiger partial charge in [0, 0.05) is 29.6 Å². The monoisotopic (exact) mass is 520 g/mol. The minimum atomic E-state index is -0.161. The van der Waals surface area contributed by atoms with Crippen molar-refractivity contribution in [2.45, 2.75) is 142 Å². The van der Waals surface area contributed by atoms with Gasteiger partial charge in [0.1, 0.15) is 31.4 Å². The summed E-state index contributed by atoms with van der Waals surface area (Å²) in [6.07, 6.45) is 25.2. The maximum Gasteiger partial charge on any atom is 0.123 e. The smallest absolute Gasteiger partial charge is 0.123 e. The van der Waals surface area contributed by atoms with Crippen molar-refractivity contribution < 1.29 is 24.0 Å². The molecule has 0 spiro atoms. The van der Waals surface area contributed by atoms with Crippen LogP contribution >= 0.6 is 0 Å². The fraction of sp³-hybridized carbons (Fsp3) is 0.844. The first kappa shape index (κ1) is 35.4. The first-order valence-corrected chi connectivity index (χ1v) is 15.3. The number of carbonyl (C=O) groups excluding carboxylic acids is 5. The predicted octanol–water partition coefficient (Wildman–Crippen LogP) is 7.90. The molecule has 0 saturated carbocycles. The van der Waals surface area contributed by atoms with E-state index in [0.717, 1.165) is 50.7 Å². The molecule has 214 valence electrons. The van der Waals surface area contributed by atoms with Crippen LogP contribution in [-0.4, -0.2) is 31.4 Å². The minimum absolute atomic E-state index is 0.0185. The van der Waals surface area contributed by atoms with Crippen LogP contribution < -0.4 is 0 Å². The number of rotatable bonds is 29. The van der Waals surface area contributed by atoms with Crippen LogP contribution in [-0.2, 0) is 24.0 Å². The number of hydrogen-bond donors (Lipinski definition) is 0. The van der Waals surface area contributed by atoms with E-state index in [2.05, 4.69) is 6.92 Å². The van der Waals surface area contributed by atoms with Crippen LogP contribution in [0.25, 0.3) is 0 Å². The summed E-state index contributed by atoms with van der Waals surface area (Å²) in [6.45, 7) is 4.09. The minimum Gasteiger partial charge on any atom is -0.303 e. The van der Waals surface area contributed by atoms with E-state index in [0.29, 0.717) is 44.9 Å². The van der Waals surface area contributed by atoms with Crippen LogP contribution in [0.3, 0.4) is 0 Å². The molecule has 0 fully saturated rings. The summed E-state index contributed by atoms with van der Waals surface area (Å²) in [5, 5.41) is 0. The molecule has 0 aromatic heterocycles. The number of carbonyl (C=O) groups is 5. The molecule has 0 amide bonds. The topological polar surface area (TPSA) is 85.3 Å². The summed E-state index contributed by atoms with van der Waals surface area (Å²) in [6, 6.07) is 0. The van der Waals surface area contributed by atoms with Gasteiger partial charge in [0.25, 0.3) is 0 Å². The van der Waals surface area contributed by atoms with Crippen molar-refractivity contribution in [1.82, 2.24) is 0 Å². The second-order valence-corrected chi connectivity index (χ2v) is 11.3. The third-order valence-electron chi connectivity index (χ3n) is 7.90. The zero-order valence-corrected chi connectivity index (χ0v) is 24.0. The highest BCUT2D eigenvalue weighted by Crippen LogP contribution is 2.24. The summed E-state index contributed by atoms with van der Waals surface area (Å²) < 4.78 is 0. The molecule has 0 N–H and O–H groups in total. The molecule has 0 saturated heterocycles. The highest BCUT2D eigenvalue weighted by molar-refractivity contribution is 5.57. The van der Waals surface area contributed by atoms with Crippen LogP contribution in [0.5, 0.6) is 0 Å². The maximum atomic E-state index is 11.6. The van der Waals surface area contributed by atoms with Gasteiger partial charge in [0.2, 0.25) is 0 Å². The average molecular weight is 521 g/mol. The van der Waals surface area contributed by atoms with Crippen LogP contribution in [0.1, 0.15) is 142 Å². The van der Waals surface area contributed by atoms with E-state index in [1.54, 1.807) is 0 Å². The molecule has 37 heavy (non-hydrogen) atoms. The van der Waals surface area contributed by atoms with E-state index in [1.165, 1.54) is 64.2 Å². The van der Waals surface area contributed by atoms with E-state index < -0.39 is 0 Å². The third kappa shape index (κ3) is 21.0. The summed E-state index contributed by atoms with van der Waals surface area (Å²) in [4.78, 5) is 56.8. The van der Waals surface area contributed by atoms with Gasteiger partial charge in [-0.3, -0.25) is 0 Å². The zero-order chi connectivity index (χ0) is 27.6. The number of hydrogen-bond acceptors (Lipinski definition) is 5. The van der Waals surface area contributed by atoms with Gasteiger partial charge in [-0.2, -0.15) is 0 Å². The summed E-state index contributed by atoms with van der Waals surface area (Å²) in [5.74, 6) is -0.451. The Hall–Kier alpha value is -1.65. The Balaban J connectivity index is 4.07. The van der Waals surface area contributed by atoms with Crippen molar-refractivity contribution in [1.29, 1.82) is 0 Å². The highest BCUT2D eigenvalue weighted by Gasteiger charge is 2.18. The van der Waals surface area contributed by atoms with Crippen LogP contribution in [0.15, 0.2) is 0 Å². The largest absolute Gasteiger partial charge is 0.303 e. The van der Waals surface area contributed by atoms with Gasteiger partial charge < -0.3 is 24.0 Å². The van der Waals surface area contributed by atoms with Gasteiger partial charge in [-0.15, -0.1) is 0 Å². The molecule has 0 rings (SSSR count). The van der Waals surface area contributed by atoms with E-state index in [-0.39, 0.29) is 29.6 Å². The summed E-state index contributed by atoms with van der Waals surface area (Å²) >= 11 is 0. The van der Waals surface area contributed by atoms with Crippen LogP contribution in [0.2, 0.25) is 0 Å². The second-order valence-electron chi connectivity index (χ2n) is 11.3. The Labute approximate surface area is 227 Å². The average Bonchev–Trinajstić information content (AvgIpc) is 2.93. The lowest BCUT2D eigenvalue weighted by atomic mass is 9.86. The van der Waals surface area contributed by atoms with Crippen LogP contribution in [0.4, 0.5) is 0 Å². The molecule has 0 aliphatic rings. The molecule has 0 aliphatic heterocycles. The zero-order valence-electron chi connectivity index (χ0n) is 24.0. The van der Waals surface area contributed by atoms with Crippen molar-refractivity contribution in [3.63, 3.8) is 0 Å². The molecule has 0 bridgehead atoms. The molecular formula is C32H56O5. The molecule has 5 unspecified atom stereocenters. The lowest BCUT2D eigenvalue weighted by molar-refractivity contribution is -0.115. The fourth-order valence-corrected chi connectivity index (χ4v) is 5.02. The quantitative estimate of drug-likeness (QED) is 0.0739. The van der Waals surface area contributed by atoms with Crippen molar-refractivity contribution in [3.05, 3.63) is 0 Å². The summed E-state index contributed by atoms with van der Waals surface area (Å²) in [5.41, 5.74) is 0. The fourth-order valence-electron chi connectivity index (χ4n) is 5.02. The van der Waals surface area contributed by atoms with Gasteiger partial charge in [-0.05, 0) is 57.8 Å². The molecule has 5 heteroatoms. The Bertz CT molecular complexity index is 576. The van der Waals surface area contributed by atoms with Crippen LogP contribution in [0, 0.1) is 29.6 Å². The first-order valence-electron chi connectivity index (χ1n) is 15.3. The van der Waals surface area contributed by atoms with E-state index in [9.17, 15) is 24.0 Å². The Morgan fingerprint density at radius 2 is 0.676 bits per heavy atom. The molecule has 0 heterocycles. The second kappa shape index (κ2) is 26.0. The molecule has 5 atom stereocenters.